The van der Waals surface area contributed by atoms with Crippen LogP contribution < -0.4 is 5.32 Å². The van der Waals surface area contributed by atoms with Gasteiger partial charge in [0.25, 0.3) is 0 Å². The Kier molecular flexibility index (Phi) is 6.17. The Morgan fingerprint density at radius 3 is 2.80 bits per heavy atom. The Bertz CT molecular complexity index is 379. The topological polar surface area (TPSA) is 59.5 Å². The normalized spacial score (nSPS) is 19.2. The highest BCUT2D eigenvalue weighted by atomic mass is 16.6. The fourth-order valence-electron chi connectivity index (χ4n) is 2.13. The van der Waals surface area contributed by atoms with Crippen LogP contribution in [0.15, 0.2) is 12.4 Å². The molecule has 0 unspecified atom stereocenters. The summed E-state index contributed by atoms with van der Waals surface area (Å²) in [6, 6.07) is 0. The summed E-state index contributed by atoms with van der Waals surface area (Å²) in [6.07, 6.45) is 4.98. The number of hydrogen-bond acceptors (Lipinski definition) is 6. The molecule has 0 spiro atoms. The van der Waals surface area contributed by atoms with Gasteiger partial charge in [0.2, 0.25) is 5.95 Å². The van der Waals surface area contributed by atoms with Gasteiger partial charge >= 0.3 is 0 Å². The molecule has 20 heavy (non-hydrogen) atoms. The molecule has 0 amide bonds. The molecule has 1 saturated heterocycles. The first-order valence-corrected chi connectivity index (χ1v) is 7.20. The van der Waals surface area contributed by atoms with E-state index in [0.717, 1.165) is 31.6 Å². The Morgan fingerprint density at radius 2 is 2.15 bits per heavy atom. The van der Waals surface area contributed by atoms with Gasteiger partial charge in [-0.2, -0.15) is 0 Å². The molecule has 1 fully saturated rings. The smallest absolute Gasteiger partial charge is 0.222 e. The molecule has 1 aliphatic rings. The van der Waals surface area contributed by atoms with Crippen molar-refractivity contribution in [1.82, 2.24) is 14.9 Å². The summed E-state index contributed by atoms with van der Waals surface area (Å²) in [5.74, 6) is 0.697. The Morgan fingerprint density at radius 1 is 1.35 bits per heavy atom. The highest BCUT2D eigenvalue weighted by Gasteiger charge is 2.16. The predicted octanol–water partition coefficient (Wildman–Crippen LogP) is 1.15. The molecule has 0 bridgehead atoms. The molecule has 2 heterocycles. The van der Waals surface area contributed by atoms with Crippen molar-refractivity contribution in [3.8, 4) is 0 Å². The number of nitrogens with zero attached hydrogens (tertiary/aromatic N) is 3. The number of likely N-dealkylation sites (N-methyl/N-ethyl adjacent to an activating group) is 1. The van der Waals surface area contributed by atoms with E-state index in [1.54, 1.807) is 0 Å². The van der Waals surface area contributed by atoms with Gasteiger partial charge in [0.15, 0.2) is 0 Å². The standard InChI is InChI=1S/C14H24N4O2/c1-3-4-15-14-16-7-12(8-17-14)9-18(2)10-13-11-19-5-6-20-13/h7-8,13H,3-6,9-11H2,1-2H3,(H,15,16,17)/t13-/m1/s1. The third-order valence-electron chi connectivity index (χ3n) is 3.09. The fourth-order valence-corrected chi connectivity index (χ4v) is 2.13. The summed E-state index contributed by atoms with van der Waals surface area (Å²) in [5, 5.41) is 3.17. The van der Waals surface area contributed by atoms with Crippen molar-refractivity contribution in [2.75, 3.05) is 45.3 Å². The molecular weight excluding hydrogens is 256 g/mol. The first kappa shape index (κ1) is 15.2. The third-order valence-corrected chi connectivity index (χ3v) is 3.09. The van der Waals surface area contributed by atoms with Crippen LogP contribution in [0.2, 0.25) is 0 Å². The van der Waals surface area contributed by atoms with Crippen LogP contribution in [-0.2, 0) is 16.0 Å². The molecule has 1 aromatic heterocycles. The van der Waals surface area contributed by atoms with Gasteiger partial charge in [0.05, 0.1) is 25.9 Å². The van der Waals surface area contributed by atoms with Crippen LogP contribution in [0.25, 0.3) is 0 Å². The zero-order valence-electron chi connectivity index (χ0n) is 12.3. The first-order chi connectivity index (χ1) is 9.78. The van der Waals surface area contributed by atoms with Crippen LogP contribution in [0.5, 0.6) is 0 Å². The van der Waals surface area contributed by atoms with Gasteiger partial charge < -0.3 is 14.8 Å². The average Bonchev–Trinajstić information content (AvgIpc) is 2.47. The molecule has 1 aromatic rings. The number of ether oxygens (including phenoxy) is 2. The Labute approximate surface area is 120 Å². The minimum absolute atomic E-state index is 0.167. The molecule has 1 aliphatic heterocycles. The summed E-state index contributed by atoms with van der Waals surface area (Å²) in [7, 11) is 2.07. The van der Waals surface area contributed by atoms with E-state index < -0.39 is 0 Å². The van der Waals surface area contributed by atoms with Crippen LogP contribution in [0, 0.1) is 0 Å². The molecule has 6 nitrogen and oxygen atoms in total. The lowest BCUT2D eigenvalue weighted by Crippen LogP contribution is -2.38. The van der Waals surface area contributed by atoms with E-state index in [4.69, 9.17) is 9.47 Å². The van der Waals surface area contributed by atoms with Crippen LogP contribution in [0.1, 0.15) is 18.9 Å². The average molecular weight is 280 g/mol. The van der Waals surface area contributed by atoms with Gasteiger partial charge in [0.1, 0.15) is 0 Å². The molecule has 2 rings (SSSR count). The molecule has 0 radical (unpaired) electrons. The number of anilines is 1. The SMILES string of the molecule is CCCNc1ncc(CN(C)C[C@@H]2COCCO2)cn1. The van der Waals surface area contributed by atoms with Gasteiger partial charge in [-0.3, -0.25) is 4.90 Å². The van der Waals surface area contributed by atoms with E-state index in [-0.39, 0.29) is 6.10 Å². The van der Waals surface area contributed by atoms with Crippen molar-refractivity contribution in [3.05, 3.63) is 18.0 Å². The summed E-state index contributed by atoms with van der Waals surface area (Å²) < 4.78 is 11.0. The van der Waals surface area contributed by atoms with Crippen molar-refractivity contribution in [1.29, 1.82) is 0 Å². The van der Waals surface area contributed by atoms with Crippen LogP contribution in [0.4, 0.5) is 5.95 Å². The fraction of sp³-hybridized carbons (Fsp3) is 0.714. The molecule has 0 aliphatic carbocycles. The van der Waals surface area contributed by atoms with E-state index >= 15 is 0 Å². The van der Waals surface area contributed by atoms with Crippen molar-refractivity contribution in [3.63, 3.8) is 0 Å². The van der Waals surface area contributed by atoms with E-state index in [0.29, 0.717) is 25.8 Å². The van der Waals surface area contributed by atoms with Gasteiger partial charge in [0, 0.05) is 37.6 Å². The first-order valence-electron chi connectivity index (χ1n) is 7.20. The monoisotopic (exact) mass is 280 g/mol. The maximum Gasteiger partial charge on any atom is 0.222 e. The minimum Gasteiger partial charge on any atom is -0.376 e. The number of aromatic nitrogens is 2. The Balaban J connectivity index is 1.76. The zero-order chi connectivity index (χ0) is 14.2. The van der Waals surface area contributed by atoms with Crippen molar-refractivity contribution in [2.45, 2.75) is 26.0 Å². The van der Waals surface area contributed by atoms with E-state index in [1.807, 2.05) is 12.4 Å². The number of nitrogens with one attached hydrogen (secondary N) is 1. The number of hydrogen-bond donors (Lipinski definition) is 1. The predicted molar refractivity (Wildman–Crippen MR) is 77.7 cm³/mol. The van der Waals surface area contributed by atoms with E-state index in [2.05, 4.69) is 34.2 Å². The minimum atomic E-state index is 0.167. The lowest BCUT2D eigenvalue weighted by Gasteiger charge is -2.27. The Hall–Kier alpha value is -1.24. The summed E-state index contributed by atoms with van der Waals surface area (Å²) in [5.41, 5.74) is 1.10. The number of rotatable bonds is 7. The summed E-state index contributed by atoms with van der Waals surface area (Å²) >= 11 is 0. The van der Waals surface area contributed by atoms with Gasteiger partial charge in [-0.25, -0.2) is 9.97 Å². The summed E-state index contributed by atoms with van der Waals surface area (Å²) in [4.78, 5) is 10.8. The molecule has 6 heteroatoms. The molecular formula is C14H24N4O2. The van der Waals surface area contributed by atoms with Crippen LogP contribution in [-0.4, -0.2) is 60.9 Å². The second-order valence-corrected chi connectivity index (χ2v) is 5.11. The zero-order valence-corrected chi connectivity index (χ0v) is 12.3. The molecule has 112 valence electrons. The van der Waals surface area contributed by atoms with Crippen molar-refractivity contribution < 1.29 is 9.47 Å². The van der Waals surface area contributed by atoms with E-state index in [9.17, 15) is 0 Å². The second kappa shape index (κ2) is 8.14. The van der Waals surface area contributed by atoms with Gasteiger partial charge in [-0.05, 0) is 13.5 Å². The summed E-state index contributed by atoms with van der Waals surface area (Å²) in [6.45, 7) is 6.77. The second-order valence-electron chi connectivity index (χ2n) is 5.11. The maximum absolute atomic E-state index is 5.64. The van der Waals surface area contributed by atoms with Crippen LogP contribution in [0.3, 0.4) is 0 Å². The largest absolute Gasteiger partial charge is 0.376 e. The lowest BCUT2D eigenvalue weighted by atomic mass is 10.3. The quantitative estimate of drug-likeness (QED) is 0.808. The molecule has 1 atom stereocenters. The molecule has 1 N–H and O–H groups in total. The maximum atomic E-state index is 5.64. The van der Waals surface area contributed by atoms with E-state index in [1.165, 1.54) is 0 Å². The highest BCUT2D eigenvalue weighted by Crippen LogP contribution is 2.07. The lowest BCUT2D eigenvalue weighted by molar-refractivity contribution is -0.0962. The van der Waals surface area contributed by atoms with Gasteiger partial charge in [-0.15, -0.1) is 0 Å². The van der Waals surface area contributed by atoms with Crippen LogP contribution >= 0.6 is 0 Å². The molecule has 0 aromatic carbocycles. The highest BCUT2D eigenvalue weighted by molar-refractivity contribution is 5.24. The van der Waals surface area contributed by atoms with Crippen molar-refractivity contribution >= 4 is 5.95 Å². The molecule has 0 saturated carbocycles. The van der Waals surface area contributed by atoms with Crippen molar-refractivity contribution in [2.24, 2.45) is 0 Å². The van der Waals surface area contributed by atoms with Gasteiger partial charge in [-0.1, -0.05) is 6.92 Å². The third kappa shape index (κ3) is 5.03.